The Morgan fingerprint density at radius 2 is 1.81 bits per heavy atom. The van der Waals surface area contributed by atoms with E-state index in [1.807, 2.05) is 0 Å². The number of benzene rings is 1. The minimum atomic E-state index is -0.0482. The van der Waals surface area contributed by atoms with Gasteiger partial charge >= 0.3 is 0 Å². The fourth-order valence-electron chi connectivity index (χ4n) is 4.15. The van der Waals surface area contributed by atoms with Crippen LogP contribution in [0.15, 0.2) is 35.1 Å². The Labute approximate surface area is 154 Å². The number of H-pyrrole nitrogens is 1. The second-order valence-electron chi connectivity index (χ2n) is 7.66. The first kappa shape index (κ1) is 17.4. The normalized spacial score (nSPS) is 19.1. The lowest BCUT2D eigenvalue weighted by atomic mass is 10.0. The van der Waals surface area contributed by atoms with Crippen LogP contribution in [0.4, 0.5) is 0 Å². The molecule has 0 amide bonds. The second-order valence-corrected chi connectivity index (χ2v) is 7.66. The van der Waals surface area contributed by atoms with E-state index in [2.05, 4.69) is 39.5 Å². The average molecular weight is 352 g/mol. The molecule has 5 nitrogen and oxygen atoms in total. The number of nitrogens with one attached hydrogen (secondary N) is 2. The highest BCUT2D eigenvalue weighted by molar-refractivity contribution is 5.55. The maximum atomic E-state index is 12.1. The van der Waals surface area contributed by atoms with Crippen molar-refractivity contribution in [3.63, 3.8) is 0 Å². The zero-order valence-electron chi connectivity index (χ0n) is 15.3. The van der Waals surface area contributed by atoms with E-state index < -0.39 is 0 Å². The lowest BCUT2D eigenvalue weighted by Crippen LogP contribution is -2.42. The third-order valence-corrected chi connectivity index (χ3v) is 5.61. The van der Waals surface area contributed by atoms with E-state index in [0.29, 0.717) is 11.7 Å². The summed E-state index contributed by atoms with van der Waals surface area (Å²) in [4.78, 5) is 22.2. The van der Waals surface area contributed by atoms with Crippen molar-refractivity contribution >= 4 is 0 Å². The molecule has 26 heavy (non-hydrogen) atoms. The Bertz CT molecular complexity index is 771. The van der Waals surface area contributed by atoms with Gasteiger partial charge in [-0.3, -0.25) is 9.69 Å². The van der Waals surface area contributed by atoms with Crippen LogP contribution in [0, 0.1) is 5.92 Å². The van der Waals surface area contributed by atoms with Crippen LogP contribution < -0.4 is 10.9 Å². The number of hydrogen-bond acceptors (Lipinski definition) is 4. The monoisotopic (exact) mass is 352 g/mol. The summed E-state index contributed by atoms with van der Waals surface area (Å²) in [7, 11) is 0. The number of aromatic nitrogens is 2. The van der Waals surface area contributed by atoms with Crippen molar-refractivity contribution in [2.24, 2.45) is 5.92 Å². The van der Waals surface area contributed by atoms with Crippen LogP contribution in [0.25, 0.3) is 11.4 Å². The summed E-state index contributed by atoms with van der Waals surface area (Å²) >= 11 is 0. The largest absolute Gasteiger partial charge is 0.314 e. The van der Waals surface area contributed by atoms with E-state index in [4.69, 9.17) is 4.98 Å². The maximum absolute atomic E-state index is 12.1. The summed E-state index contributed by atoms with van der Waals surface area (Å²) in [5.41, 5.74) is 3.17. The summed E-state index contributed by atoms with van der Waals surface area (Å²) in [6.45, 7) is 5.31. The molecule has 0 spiro atoms. The van der Waals surface area contributed by atoms with Crippen LogP contribution in [0.3, 0.4) is 0 Å². The minimum Gasteiger partial charge on any atom is -0.314 e. The standard InChI is InChI=1S/C21H28N4O/c26-20-14-19(13-16-3-1-2-4-16)23-21(24-20)18-7-5-17(6-8-18)15-25-11-9-22-10-12-25/h5-8,14,16,22H,1-4,9-13,15H2,(H,23,24,26). The van der Waals surface area contributed by atoms with Crippen molar-refractivity contribution in [3.8, 4) is 11.4 Å². The van der Waals surface area contributed by atoms with Crippen molar-refractivity contribution < 1.29 is 0 Å². The maximum Gasteiger partial charge on any atom is 0.251 e. The van der Waals surface area contributed by atoms with Gasteiger partial charge in [0.1, 0.15) is 5.82 Å². The third-order valence-electron chi connectivity index (χ3n) is 5.61. The van der Waals surface area contributed by atoms with Gasteiger partial charge in [0.15, 0.2) is 0 Å². The molecule has 2 heterocycles. The van der Waals surface area contributed by atoms with Crippen LogP contribution >= 0.6 is 0 Å². The molecule has 0 unspecified atom stereocenters. The predicted molar refractivity (Wildman–Crippen MR) is 104 cm³/mol. The molecule has 2 fully saturated rings. The van der Waals surface area contributed by atoms with Crippen LogP contribution in [-0.4, -0.2) is 41.0 Å². The molecule has 2 aromatic rings. The highest BCUT2D eigenvalue weighted by Crippen LogP contribution is 2.27. The summed E-state index contributed by atoms with van der Waals surface area (Å²) < 4.78 is 0. The number of hydrogen-bond donors (Lipinski definition) is 2. The fourth-order valence-corrected chi connectivity index (χ4v) is 4.15. The Morgan fingerprint density at radius 1 is 1.08 bits per heavy atom. The van der Waals surface area contributed by atoms with Crippen LogP contribution in [-0.2, 0) is 13.0 Å². The predicted octanol–water partition coefficient (Wildman–Crippen LogP) is 2.57. The molecule has 2 N–H and O–H groups in total. The molecule has 1 saturated carbocycles. The number of nitrogens with zero attached hydrogens (tertiary/aromatic N) is 2. The molecule has 0 radical (unpaired) electrons. The molecule has 138 valence electrons. The zero-order chi connectivity index (χ0) is 17.8. The molecule has 0 atom stereocenters. The number of rotatable bonds is 5. The van der Waals surface area contributed by atoms with Gasteiger partial charge in [-0.15, -0.1) is 0 Å². The molecule has 1 aromatic carbocycles. The molecule has 1 aliphatic heterocycles. The Morgan fingerprint density at radius 3 is 2.54 bits per heavy atom. The first-order chi connectivity index (χ1) is 12.8. The Hall–Kier alpha value is -1.98. The molecule has 4 rings (SSSR count). The lowest BCUT2D eigenvalue weighted by molar-refractivity contribution is 0.233. The van der Waals surface area contributed by atoms with E-state index >= 15 is 0 Å². The van der Waals surface area contributed by atoms with Crippen molar-refractivity contribution in [3.05, 3.63) is 51.9 Å². The molecule has 1 saturated heterocycles. The van der Waals surface area contributed by atoms with Gasteiger partial charge in [-0.1, -0.05) is 49.9 Å². The SMILES string of the molecule is O=c1cc(CC2CCCC2)nc(-c2ccc(CN3CCNCC3)cc2)[nH]1. The Kier molecular flexibility index (Phi) is 5.46. The van der Waals surface area contributed by atoms with E-state index in [9.17, 15) is 4.79 Å². The minimum absolute atomic E-state index is 0.0482. The molecular formula is C21H28N4O. The highest BCUT2D eigenvalue weighted by Gasteiger charge is 2.17. The molecule has 0 bridgehead atoms. The van der Waals surface area contributed by atoms with Gasteiger partial charge in [0, 0.05) is 50.0 Å². The van der Waals surface area contributed by atoms with Gasteiger partial charge in [0.2, 0.25) is 0 Å². The molecule has 1 aromatic heterocycles. The van der Waals surface area contributed by atoms with Gasteiger partial charge in [0.25, 0.3) is 5.56 Å². The van der Waals surface area contributed by atoms with Gasteiger partial charge in [0.05, 0.1) is 0 Å². The molecule has 5 heteroatoms. The zero-order valence-corrected chi connectivity index (χ0v) is 15.3. The van der Waals surface area contributed by atoms with Gasteiger partial charge < -0.3 is 10.3 Å². The van der Waals surface area contributed by atoms with Gasteiger partial charge in [-0.05, 0) is 17.9 Å². The average Bonchev–Trinajstić information content (AvgIpc) is 3.16. The summed E-state index contributed by atoms with van der Waals surface area (Å²) in [5.74, 6) is 1.39. The molecular weight excluding hydrogens is 324 g/mol. The highest BCUT2D eigenvalue weighted by atomic mass is 16.1. The second kappa shape index (κ2) is 8.14. The van der Waals surface area contributed by atoms with E-state index in [0.717, 1.165) is 50.4 Å². The van der Waals surface area contributed by atoms with Crippen LogP contribution in [0.1, 0.15) is 36.9 Å². The number of piperazine rings is 1. The van der Waals surface area contributed by atoms with E-state index in [-0.39, 0.29) is 5.56 Å². The fraction of sp³-hybridized carbons (Fsp3) is 0.524. The summed E-state index contributed by atoms with van der Waals surface area (Å²) in [6.07, 6.45) is 6.09. The smallest absolute Gasteiger partial charge is 0.251 e. The molecule has 2 aliphatic rings. The first-order valence-electron chi connectivity index (χ1n) is 9.89. The molecule has 1 aliphatic carbocycles. The van der Waals surface area contributed by atoms with Crippen molar-refractivity contribution in [2.75, 3.05) is 26.2 Å². The van der Waals surface area contributed by atoms with Crippen molar-refractivity contribution in [1.82, 2.24) is 20.2 Å². The quantitative estimate of drug-likeness (QED) is 0.868. The van der Waals surface area contributed by atoms with Crippen molar-refractivity contribution in [1.29, 1.82) is 0 Å². The Balaban J connectivity index is 1.47. The van der Waals surface area contributed by atoms with Crippen molar-refractivity contribution in [2.45, 2.75) is 38.6 Å². The third kappa shape index (κ3) is 4.40. The van der Waals surface area contributed by atoms with E-state index in [1.165, 1.54) is 31.2 Å². The first-order valence-corrected chi connectivity index (χ1v) is 9.89. The topological polar surface area (TPSA) is 61.0 Å². The lowest BCUT2D eigenvalue weighted by Gasteiger charge is -2.27. The van der Waals surface area contributed by atoms with E-state index in [1.54, 1.807) is 6.07 Å². The van der Waals surface area contributed by atoms with Crippen LogP contribution in [0.5, 0.6) is 0 Å². The number of aromatic amines is 1. The van der Waals surface area contributed by atoms with Gasteiger partial charge in [-0.25, -0.2) is 4.98 Å². The van der Waals surface area contributed by atoms with Gasteiger partial charge in [-0.2, -0.15) is 0 Å². The summed E-state index contributed by atoms with van der Waals surface area (Å²) in [6, 6.07) is 10.1. The van der Waals surface area contributed by atoms with Crippen LogP contribution in [0.2, 0.25) is 0 Å². The summed E-state index contributed by atoms with van der Waals surface area (Å²) in [5, 5.41) is 3.38.